The summed E-state index contributed by atoms with van der Waals surface area (Å²) >= 11 is 0. The van der Waals surface area contributed by atoms with Crippen LogP contribution >= 0.6 is 0 Å². The third-order valence-electron chi connectivity index (χ3n) is 3.62. The summed E-state index contributed by atoms with van der Waals surface area (Å²) in [5, 5.41) is 7.96. The van der Waals surface area contributed by atoms with Crippen LogP contribution in [0.3, 0.4) is 0 Å². The molecule has 0 aliphatic carbocycles. The van der Waals surface area contributed by atoms with Crippen LogP contribution in [0.1, 0.15) is 30.4 Å². The molecule has 0 saturated carbocycles. The first-order chi connectivity index (χ1) is 10.9. The second-order valence-electron chi connectivity index (χ2n) is 5.28. The van der Waals surface area contributed by atoms with E-state index in [0.29, 0.717) is 12.0 Å². The molecule has 23 heavy (non-hydrogen) atoms. The quantitative estimate of drug-likeness (QED) is 0.849. The molecule has 2 rings (SSSR count). The minimum Gasteiger partial charge on any atom is -0.351 e. The summed E-state index contributed by atoms with van der Waals surface area (Å²) in [6.07, 6.45) is 0.688. The van der Waals surface area contributed by atoms with E-state index >= 15 is 0 Å². The van der Waals surface area contributed by atoms with Gasteiger partial charge in [0.25, 0.3) is 0 Å². The second kappa shape index (κ2) is 7.39. The molecule has 0 radical (unpaired) electrons. The first-order valence-corrected chi connectivity index (χ1v) is 8.91. The molecule has 6 heteroatoms. The van der Waals surface area contributed by atoms with Gasteiger partial charge in [0.15, 0.2) is 0 Å². The lowest BCUT2D eigenvalue weighted by atomic mass is 9.95. The molecule has 0 spiro atoms. The number of hydrogen-bond acceptors (Lipinski definition) is 3. The van der Waals surface area contributed by atoms with Gasteiger partial charge in [-0.1, -0.05) is 49.4 Å². The monoisotopic (exact) mass is 332 g/mol. The molecule has 0 aromatic heterocycles. The Morgan fingerprint density at radius 2 is 1.83 bits per heavy atom. The Bertz CT molecular complexity index is 773. The molecule has 2 aromatic carbocycles. The van der Waals surface area contributed by atoms with Crippen molar-refractivity contribution < 1.29 is 13.2 Å². The zero-order valence-corrected chi connectivity index (χ0v) is 13.7. The van der Waals surface area contributed by atoms with Crippen LogP contribution in [-0.2, 0) is 21.4 Å². The lowest BCUT2D eigenvalue weighted by Crippen LogP contribution is -2.28. The Balaban J connectivity index is 2.07. The van der Waals surface area contributed by atoms with Crippen LogP contribution in [-0.4, -0.2) is 14.3 Å². The number of nitrogens with two attached hydrogens (primary N) is 1. The molecule has 2 aromatic rings. The van der Waals surface area contributed by atoms with E-state index in [9.17, 15) is 13.2 Å². The highest BCUT2D eigenvalue weighted by atomic mass is 32.2. The van der Waals surface area contributed by atoms with Crippen molar-refractivity contribution in [3.05, 3.63) is 65.7 Å². The summed E-state index contributed by atoms with van der Waals surface area (Å²) in [5.41, 5.74) is 1.65. The minimum atomic E-state index is -3.74. The van der Waals surface area contributed by atoms with E-state index in [1.54, 1.807) is 12.1 Å². The van der Waals surface area contributed by atoms with Gasteiger partial charge in [-0.2, -0.15) is 0 Å². The van der Waals surface area contributed by atoms with Gasteiger partial charge >= 0.3 is 0 Å². The van der Waals surface area contributed by atoms with Crippen LogP contribution in [0.5, 0.6) is 0 Å². The largest absolute Gasteiger partial charge is 0.351 e. The Hall–Kier alpha value is -2.18. The number of carbonyl (C=O) groups excluding carboxylic acids is 1. The molecule has 0 unspecified atom stereocenters. The van der Waals surface area contributed by atoms with Gasteiger partial charge in [0, 0.05) is 6.54 Å². The number of rotatable bonds is 6. The first kappa shape index (κ1) is 17.2. The van der Waals surface area contributed by atoms with Gasteiger partial charge in [-0.25, -0.2) is 13.6 Å². The van der Waals surface area contributed by atoms with Crippen LogP contribution in [0.15, 0.2) is 59.5 Å². The van der Waals surface area contributed by atoms with Crippen molar-refractivity contribution in [2.24, 2.45) is 5.14 Å². The van der Waals surface area contributed by atoms with Crippen molar-refractivity contribution in [2.75, 3.05) is 0 Å². The number of nitrogens with one attached hydrogen (secondary N) is 1. The van der Waals surface area contributed by atoms with Crippen LogP contribution in [0.25, 0.3) is 0 Å². The summed E-state index contributed by atoms with van der Waals surface area (Å²) < 4.78 is 22.7. The van der Waals surface area contributed by atoms with Gasteiger partial charge in [0.2, 0.25) is 15.9 Å². The average molecular weight is 332 g/mol. The summed E-state index contributed by atoms with van der Waals surface area (Å²) in [6, 6.07) is 15.8. The molecule has 1 atom stereocenters. The lowest BCUT2D eigenvalue weighted by Gasteiger charge is -2.15. The minimum absolute atomic E-state index is 0.0411. The van der Waals surface area contributed by atoms with E-state index < -0.39 is 10.0 Å². The number of sulfonamides is 1. The van der Waals surface area contributed by atoms with Crippen LogP contribution in [0.2, 0.25) is 0 Å². The Labute approximate surface area is 136 Å². The molecule has 122 valence electrons. The highest BCUT2D eigenvalue weighted by Gasteiger charge is 2.18. The fraction of sp³-hybridized carbons (Fsp3) is 0.235. The Morgan fingerprint density at radius 3 is 2.43 bits per heavy atom. The van der Waals surface area contributed by atoms with E-state index in [1.807, 2.05) is 37.3 Å². The van der Waals surface area contributed by atoms with Crippen molar-refractivity contribution in [3.63, 3.8) is 0 Å². The molecule has 3 N–H and O–H groups in total. The lowest BCUT2D eigenvalue weighted by molar-refractivity contribution is -0.122. The molecule has 0 aliphatic heterocycles. The van der Waals surface area contributed by atoms with Crippen molar-refractivity contribution in [2.45, 2.75) is 30.7 Å². The van der Waals surface area contributed by atoms with E-state index in [-0.39, 0.29) is 23.3 Å². The maximum Gasteiger partial charge on any atom is 0.238 e. The molecule has 1 amide bonds. The topological polar surface area (TPSA) is 89.3 Å². The molecule has 0 bridgehead atoms. The van der Waals surface area contributed by atoms with E-state index in [1.165, 1.54) is 12.1 Å². The van der Waals surface area contributed by atoms with Gasteiger partial charge in [0.05, 0.1) is 10.8 Å². The summed E-state index contributed by atoms with van der Waals surface area (Å²) in [4.78, 5) is 12.4. The third-order valence-corrected chi connectivity index (χ3v) is 4.53. The fourth-order valence-corrected chi connectivity index (χ4v) is 2.99. The van der Waals surface area contributed by atoms with Crippen LogP contribution in [0, 0.1) is 0 Å². The highest BCUT2D eigenvalue weighted by Crippen LogP contribution is 2.19. The smallest absolute Gasteiger partial charge is 0.238 e. The molecular weight excluding hydrogens is 312 g/mol. The molecule has 0 aliphatic rings. The number of benzene rings is 2. The number of hydrogen-bond donors (Lipinski definition) is 2. The maximum atomic E-state index is 12.4. The van der Waals surface area contributed by atoms with Gasteiger partial charge in [0.1, 0.15) is 0 Å². The summed E-state index contributed by atoms with van der Waals surface area (Å²) in [6.45, 7) is 2.21. The maximum absolute atomic E-state index is 12.4. The van der Waals surface area contributed by atoms with Crippen molar-refractivity contribution in [1.29, 1.82) is 0 Å². The predicted molar refractivity (Wildman–Crippen MR) is 89.1 cm³/mol. The number of primary sulfonamides is 1. The first-order valence-electron chi connectivity index (χ1n) is 7.36. The Kier molecular flexibility index (Phi) is 5.52. The molecule has 0 heterocycles. The second-order valence-corrected chi connectivity index (χ2v) is 6.84. The van der Waals surface area contributed by atoms with Crippen molar-refractivity contribution >= 4 is 15.9 Å². The summed E-state index contributed by atoms with van der Waals surface area (Å²) in [5.74, 6) is -0.308. The van der Waals surface area contributed by atoms with Gasteiger partial charge < -0.3 is 5.32 Å². The zero-order chi connectivity index (χ0) is 16.9. The van der Waals surface area contributed by atoms with Crippen LogP contribution in [0.4, 0.5) is 0 Å². The normalized spacial score (nSPS) is 12.6. The molecular formula is C17H20N2O3S. The Morgan fingerprint density at radius 1 is 1.13 bits per heavy atom. The van der Waals surface area contributed by atoms with Crippen molar-refractivity contribution in [1.82, 2.24) is 5.32 Å². The molecule has 0 saturated heterocycles. The molecule has 0 fully saturated rings. The number of carbonyl (C=O) groups is 1. The zero-order valence-electron chi connectivity index (χ0n) is 12.9. The average Bonchev–Trinajstić information content (AvgIpc) is 2.54. The highest BCUT2D eigenvalue weighted by molar-refractivity contribution is 7.89. The van der Waals surface area contributed by atoms with E-state index in [4.69, 9.17) is 5.14 Å². The van der Waals surface area contributed by atoms with Crippen molar-refractivity contribution in [3.8, 4) is 0 Å². The predicted octanol–water partition coefficient (Wildman–Crippen LogP) is 2.14. The fourth-order valence-electron chi connectivity index (χ4n) is 2.40. The van der Waals surface area contributed by atoms with Gasteiger partial charge in [-0.05, 0) is 29.7 Å². The third kappa shape index (κ3) is 4.64. The van der Waals surface area contributed by atoms with Gasteiger partial charge in [-0.3, -0.25) is 4.79 Å². The van der Waals surface area contributed by atoms with E-state index in [2.05, 4.69) is 5.32 Å². The van der Waals surface area contributed by atoms with Gasteiger partial charge in [-0.15, -0.1) is 0 Å². The summed E-state index contributed by atoms with van der Waals surface area (Å²) in [7, 11) is -3.74. The van der Waals surface area contributed by atoms with E-state index in [0.717, 1.165) is 5.56 Å². The molecule has 5 nitrogen and oxygen atoms in total. The SMILES string of the molecule is CC[C@@H](C(=O)NCc1cccc(S(N)(=O)=O)c1)c1ccccc1. The number of amides is 1. The van der Waals surface area contributed by atoms with Crippen LogP contribution < -0.4 is 10.5 Å². The standard InChI is InChI=1S/C17H20N2O3S/c1-2-16(14-8-4-3-5-9-14)17(20)19-12-13-7-6-10-15(11-13)23(18,21)22/h3-11,16H,2,12H2,1H3,(H,19,20)(H2,18,21,22)/t16-/m1/s1.